The molecule has 2 heterocycles. The quantitative estimate of drug-likeness (QED) is 0.785. The zero-order chi connectivity index (χ0) is 19.7. The summed E-state index contributed by atoms with van der Waals surface area (Å²) in [6.07, 6.45) is 1.19. The smallest absolute Gasteiger partial charge is 0.222 e. The number of benzene rings is 2. The maximum atomic E-state index is 12.8. The third-order valence-electron chi connectivity index (χ3n) is 6.08. The molecule has 3 atom stereocenters. The lowest BCUT2D eigenvalue weighted by Gasteiger charge is -2.29. The molecule has 0 aliphatic carbocycles. The monoisotopic (exact) mass is 396 g/mol. The summed E-state index contributed by atoms with van der Waals surface area (Å²) in [7, 11) is 0. The average Bonchev–Trinajstić information content (AvgIpc) is 3.25. The van der Waals surface area contributed by atoms with Gasteiger partial charge >= 0.3 is 0 Å². The van der Waals surface area contributed by atoms with Crippen molar-refractivity contribution in [2.75, 3.05) is 19.6 Å². The van der Waals surface area contributed by atoms with E-state index in [9.17, 15) is 9.59 Å². The fraction of sp³-hybridized carbons (Fsp3) is 0.391. The van der Waals surface area contributed by atoms with E-state index in [1.165, 1.54) is 5.56 Å². The van der Waals surface area contributed by atoms with Gasteiger partial charge in [-0.1, -0.05) is 54.1 Å². The van der Waals surface area contributed by atoms with Gasteiger partial charge in [-0.3, -0.25) is 9.59 Å². The summed E-state index contributed by atoms with van der Waals surface area (Å²) in [6, 6.07) is 18.0. The normalized spacial score (nSPS) is 23.7. The number of amides is 2. The molecular formula is C23H25ClN2O2. The number of nitrogens with zero attached hydrogens (tertiary/aromatic N) is 2. The third kappa shape index (κ3) is 3.79. The second-order valence-corrected chi connectivity index (χ2v) is 8.32. The van der Waals surface area contributed by atoms with Gasteiger partial charge in [0.2, 0.25) is 11.8 Å². The fourth-order valence-electron chi connectivity index (χ4n) is 4.75. The third-order valence-corrected chi connectivity index (χ3v) is 6.31. The minimum atomic E-state index is 0.0643. The van der Waals surface area contributed by atoms with Crippen LogP contribution in [-0.2, 0) is 16.0 Å². The molecule has 2 saturated heterocycles. The highest BCUT2D eigenvalue weighted by molar-refractivity contribution is 6.30. The minimum absolute atomic E-state index is 0.0643. The van der Waals surface area contributed by atoms with Crippen molar-refractivity contribution in [2.24, 2.45) is 11.8 Å². The summed E-state index contributed by atoms with van der Waals surface area (Å²) in [4.78, 5) is 29.0. The molecule has 0 saturated carbocycles. The summed E-state index contributed by atoms with van der Waals surface area (Å²) >= 11 is 6.04. The summed E-state index contributed by atoms with van der Waals surface area (Å²) in [5.74, 6) is 0.961. The first-order valence-corrected chi connectivity index (χ1v) is 10.2. The number of carbonyl (C=O) groups is 2. The van der Waals surface area contributed by atoms with Gasteiger partial charge in [-0.05, 0) is 29.7 Å². The number of aryl methyl sites for hydroxylation is 1. The molecule has 146 valence electrons. The van der Waals surface area contributed by atoms with Gasteiger partial charge in [0.15, 0.2) is 0 Å². The molecule has 0 spiro atoms. The number of rotatable bonds is 4. The standard InChI is InChI=1S/C23H25ClN2O2/c1-16(27)26-14-19-13-25(15-21(19)23(26)18-7-3-2-4-8-18)22(28)11-10-17-6-5-9-20(24)12-17/h2-9,12,19,21,23H,10-11,13-15H2,1H3/t19-,21-,23+/m1/s1. The van der Waals surface area contributed by atoms with Crippen LogP contribution in [-0.4, -0.2) is 41.2 Å². The molecule has 2 aromatic carbocycles. The Morgan fingerprint density at radius 3 is 2.54 bits per heavy atom. The molecule has 2 amide bonds. The van der Waals surface area contributed by atoms with Crippen molar-refractivity contribution in [3.05, 3.63) is 70.7 Å². The Morgan fingerprint density at radius 1 is 1.04 bits per heavy atom. The number of fused-ring (bicyclic) bond motifs is 1. The Kier molecular flexibility index (Phi) is 5.40. The zero-order valence-electron chi connectivity index (χ0n) is 16.1. The Morgan fingerprint density at radius 2 is 1.82 bits per heavy atom. The van der Waals surface area contributed by atoms with Gasteiger partial charge < -0.3 is 9.80 Å². The first-order valence-electron chi connectivity index (χ1n) is 9.87. The Balaban J connectivity index is 1.44. The molecule has 2 aliphatic heterocycles. The van der Waals surface area contributed by atoms with E-state index >= 15 is 0 Å². The van der Waals surface area contributed by atoms with Crippen LogP contribution in [0.4, 0.5) is 0 Å². The minimum Gasteiger partial charge on any atom is -0.342 e. The maximum Gasteiger partial charge on any atom is 0.222 e. The van der Waals surface area contributed by atoms with E-state index in [4.69, 9.17) is 11.6 Å². The second kappa shape index (κ2) is 7.96. The highest BCUT2D eigenvalue weighted by Gasteiger charge is 2.49. The molecule has 0 bridgehead atoms. The molecular weight excluding hydrogens is 372 g/mol. The molecule has 4 rings (SSSR count). The molecule has 0 N–H and O–H groups in total. The van der Waals surface area contributed by atoms with Crippen molar-refractivity contribution >= 4 is 23.4 Å². The van der Waals surface area contributed by atoms with E-state index in [1.54, 1.807) is 6.92 Å². The van der Waals surface area contributed by atoms with Crippen LogP contribution in [0.2, 0.25) is 5.02 Å². The summed E-state index contributed by atoms with van der Waals surface area (Å²) in [5.41, 5.74) is 2.25. The first-order chi connectivity index (χ1) is 13.5. The zero-order valence-corrected chi connectivity index (χ0v) is 16.8. The van der Waals surface area contributed by atoms with Gasteiger partial charge in [-0.15, -0.1) is 0 Å². The number of hydrogen-bond donors (Lipinski definition) is 0. The summed E-state index contributed by atoms with van der Waals surface area (Å²) in [6.45, 7) is 3.84. The Labute approximate surface area is 171 Å². The first kappa shape index (κ1) is 19.0. The van der Waals surface area contributed by atoms with Gasteiger partial charge in [0.25, 0.3) is 0 Å². The topological polar surface area (TPSA) is 40.6 Å². The molecule has 2 aromatic rings. The second-order valence-electron chi connectivity index (χ2n) is 7.88. The van der Waals surface area contributed by atoms with E-state index in [1.807, 2.05) is 52.3 Å². The van der Waals surface area contributed by atoms with Crippen molar-refractivity contribution in [1.82, 2.24) is 9.80 Å². The Hall–Kier alpha value is -2.33. The predicted molar refractivity (Wildman–Crippen MR) is 110 cm³/mol. The number of halogens is 1. The van der Waals surface area contributed by atoms with Crippen LogP contribution in [0, 0.1) is 11.8 Å². The van der Waals surface area contributed by atoms with Crippen molar-refractivity contribution < 1.29 is 9.59 Å². The summed E-state index contributed by atoms with van der Waals surface area (Å²) in [5, 5.41) is 0.704. The van der Waals surface area contributed by atoms with Crippen LogP contribution in [0.25, 0.3) is 0 Å². The SMILES string of the molecule is CC(=O)N1C[C@H]2CN(C(=O)CCc3cccc(Cl)c3)C[C@H]2[C@@H]1c1ccccc1. The lowest BCUT2D eigenvalue weighted by Crippen LogP contribution is -2.36. The van der Waals surface area contributed by atoms with Gasteiger partial charge in [-0.25, -0.2) is 0 Å². The highest BCUT2D eigenvalue weighted by atomic mass is 35.5. The van der Waals surface area contributed by atoms with Crippen molar-refractivity contribution in [1.29, 1.82) is 0 Å². The predicted octanol–water partition coefficient (Wildman–Crippen LogP) is 3.95. The van der Waals surface area contributed by atoms with Crippen molar-refractivity contribution in [3.63, 3.8) is 0 Å². The maximum absolute atomic E-state index is 12.8. The van der Waals surface area contributed by atoms with Crippen LogP contribution >= 0.6 is 11.6 Å². The highest BCUT2D eigenvalue weighted by Crippen LogP contribution is 2.45. The van der Waals surface area contributed by atoms with Gasteiger partial charge in [0.05, 0.1) is 6.04 Å². The van der Waals surface area contributed by atoms with Crippen LogP contribution in [0.5, 0.6) is 0 Å². The molecule has 2 aliphatic rings. The van der Waals surface area contributed by atoms with E-state index in [2.05, 4.69) is 12.1 Å². The van der Waals surface area contributed by atoms with E-state index < -0.39 is 0 Å². The molecule has 0 unspecified atom stereocenters. The lowest BCUT2D eigenvalue weighted by atomic mass is 9.89. The largest absolute Gasteiger partial charge is 0.342 e. The van der Waals surface area contributed by atoms with Crippen molar-refractivity contribution in [2.45, 2.75) is 25.8 Å². The average molecular weight is 397 g/mol. The van der Waals surface area contributed by atoms with E-state index in [0.717, 1.165) is 25.2 Å². The lowest BCUT2D eigenvalue weighted by molar-refractivity contribution is -0.131. The molecule has 0 radical (unpaired) electrons. The summed E-state index contributed by atoms with van der Waals surface area (Å²) < 4.78 is 0. The van der Waals surface area contributed by atoms with E-state index in [0.29, 0.717) is 29.7 Å². The van der Waals surface area contributed by atoms with Gasteiger partial charge in [0, 0.05) is 49.8 Å². The molecule has 28 heavy (non-hydrogen) atoms. The van der Waals surface area contributed by atoms with Gasteiger partial charge in [0.1, 0.15) is 0 Å². The number of likely N-dealkylation sites (tertiary alicyclic amines) is 2. The van der Waals surface area contributed by atoms with Crippen LogP contribution in [0.15, 0.2) is 54.6 Å². The molecule has 4 nitrogen and oxygen atoms in total. The number of hydrogen-bond acceptors (Lipinski definition) is 2. The van der Waals surface area contributed by atoms with E-state index in [-0.39, 0.29) is 17.9 Å². The van der Waals surface area contributed by atoms with Crippen LogP contribution in [0.1, 0.15) is 30.5 Å². The Bertz CT molecular complexity index is 870. The molecule has 0 aromatic heterocycles. The molecule has 2 fully saturated rings. The van der Waals surface area contributed by atoms with Crippen LogP contribution in [0.3, 0.4) is 0 Å². The van der Waals surface area contributed by atoms with Gasteiger partial charge in [-0.2, -0.15) is 0 Å². The molecule has 5 heteroatoms. The van der Waals surface area contributed by atoms with Crippen molar-refractivity contribution in [3.8, 4) is 0 Å². The van der Waals surface area contributed by atoms with Crippen LogP contribution < -0.4 is 0 Å². The fourth-order valence-corrected chi connectivity index (χ4v) is 4.96. The number of carbonyl (C=O) groups excluding carboxylic acids is 2.